The molecule has 1 aromatic rings. The highest BCUT2D eigenvalue weighted by atomic mass is 15.3. The Morgan fingerprint density at radius 3 is 2.62 bits per heavy atom. The van der Waals surface area contributed by atoms with Crippen molar-refractivity contribution in [3.05, 3.63) is 17.8 Å². The topological polar surface area (TPSA) is 41.0 Å². The number of hydrogen-bond acceptors (Lipinski definition) is 4. The Kier molecular flexibility index (Phi) is 2.52. The van der Waals surface area contributed by atoms with Gasteiger partial charge < -0.3 is 10.2 Å². The van der Waals surface area contributed by atoms with Crippen LogP contribution in [0.5, 0.6) is 0 Å². The highest BCUT2D eigenvalue weighted by Gasteiger charge is 2.36. The van der Waals surface area contributed by atoms with Crippen LogP contribution in [0.3, 0.4) is 0 Å². The van der Waals surface area contributed by atoms with Crippen LogP contribution in [-0.2, 0) is 0 Å². The fraction of sp³-hybridized carbons (Fsp3) is 0.667. The van der Waals surface area contributed by atoms with Crippen LogP contribution in [0, 0.1) is 6.92 Å². The quantitative estimate of drug-likeness (QED) is 0.825. The SMILES string of the molecule is Cc1ccc(N(C2CC2)C2CCNC2)nn1. The van der Waals surface area contributed by atoms with Crippen molar-refractivity contribution in [2.45, 2.75) is 38.3 Å². The van der Waals surface area contributed by atoms with Gasteiger partial charge >= 0.3 is 0 Å². The minimum absolute atomic E-state index is 0.615. The Morgan fingerprint density at radius 2 is 2.06 bits per heavy atom. The van der Waals surface area contributed by atoms with Gasteiger partial charge in [0.25, 0.3) is 0 Å². The Balaban J connectivity index is 1.84. The van der Waals surface area contributed by atoms with Crippen molar-refractivity contribution in [1.82, 2.24) is 15.5 Å². The molecule has 2 aliphatic rings. The van der Waals surface area contributed by atoms with E-state index in [-0.39, 0.29) is 0 Å². The molecule has 1 aliphatic carbocycles. The molecule has 1 N–H and O–H groups in total. The molecule has 16 heavy (non-hydrogen) atoms. The van der Waals surface area contributed by atoms with Gasteiger partial charge in [-0.2, -0.15) is 5.10 Å². The molecule has 1 atom stereocenters. The summed E-state index contributed by atoms with van der Waals surface area (Å²) in [5.74, 6) is 1.06. The van der Waals surface area contributed by atoms with E-state index in [1.54, 1.807) is 0 Å². The van der Waals surface area contributed by atoms with Crippen LogP contribution in [0.2, 0.25) is 0 Å². The molecule has 3 rings (SSSR count). The van der Waals surface area contributed by atoms with Crippen LogP contribution >= 0.6 is 0 Å². The van der Waals surface area contributed by atoms with E-state index >= 15 is 0 Å². The van der Waals surface area contributed by atoms with Gasteiger partial charge in [-0.25, -0.2) is 0 Å². The number of nitrogens with zero attached hydrogens (tertiary/aromatic N) is 3. The molecule has 2 fully saturated rings. The third-order valence-corrected chi connectivity index (χ3v) is 3.42. The first-order valence-corrected chi connectivity index (χ1v) is 6.14. The Hall–Kier alpha value is -1.16. The molecule has 0 radical (unpaired) electrons. The summed E-state index contributed by atoms with van der Waals surface area (Å²) in [7, 11) is 0. The van der Waals surface area contributed by atoms with Gasteiger partial charge in [-0.05, 0) is 44.9 Å². The lowest BCUT2D eigenvalue weighted by atomic mass is 10.2. The predicted octanol–water partition coefficient (Wildman–Crippen LogP) is 1.12. The molecule has 0 bridgehead atoms. The van der Waals surface area contributed by atoms with Gasteiger partial charge in [-0.3, -0.25) is 0 Å². The average Bonchev–Trinajstić information content (AvgIpc) is 2.97. The molecule has 0 amide bonds. The zero-order chi connectivity index (χ0) is 11.0. The molecule has 4 heteroatoms. The molecule has 1 saturated heterocycles. The van der Waals surface area contributed by atoms with Crippen LogP contribution in [-0.4, -0.2) is 35.4 Å². The van der Waals surface area contributed by atoms with Crippen LogP contribution in [0.4, 0.5) is 5.82 Å². The first-order chi connectivity index (χ1) is 7.84. The largest absolute Gasteiger partial charge is 0.348 e. The van der Waals surface area contributed by atoms with E-state index < -0.39 is 0 Å². The van der Waals surface area contributed by atoms with Crippen molar-refractivity contribution in [2.24, 2.45) is 0 Å². The fourth-order valence-corrected chi connectivity index (χ4v) is 2.43. The Bertz CT molecular complexity index is 352. The van der Waals surface area contributed by atoms with Gasteiger partial charge in [-0.1, -0.05) is 0 Å². The standard InChI is InChI=1S/C12H18N4/c1-9-2-5-12(15-14-9)16(10-3-4-10)11-6-7-13-8-11/h2,5,10-11,13H,3-4,6-8H2,1H3. The lowest BCUT2D eigenvalue weighted by molar-refractivity contribution is 0.616. The highest BCUT2D eigenvalue weighted by molar-refractivity contribution is 5.42. The summed E-state index contributed by atoms with van der Waals surface area (Å²) < 4.78 is 0. The highest BCUT2D eigenvalue weighted by Crippen LogP contribution is 2.33. The lowest BCUT2D eigenvalue weighted by Gasteiger charge is -2.29. The molecular weight excluding hydrogens is 200 g/mol. The summed E-state index contributed by atoms with van der Waals surface area (Å²) >= 11 is 0. The molecule has 1 aromatic heterocycles. The van der Waals surface area contributed by atoms with Crippen LogP contribution < -0.4 is 10.2 Å². The van der Waals surface area contributed by atoms with E-state index in [0.717, 1.165) is 24.6 Å². The van der Waals surface area contributed by atoms with Crippen molar-refractivity contribution in [2.75, 3.05) is 18.0 Å². The Labute approximate surface area is 96.1 Å². The lowest BCUT2D eigenvalue weighted by Crippen LogP contribution is -2.39. The van der Waals surface area contributed by atoms with Gasteiger partial charge in [-0.15, -0.1) is 5.10 Å². The Morgan fingerprint density at radius 1 is 1.19 bits per heavy atom. The molecule has 1 aliphatic heterocycles. The van der Waals surface area contributed by atoms with Crippen molar-refractivity contribution >= 4 is 5.82 Å². The van der Waals surface area contributed by atoms with Crippen LogP contribution in [0.1, 0.15) is 25.0 Å². The molecule has 0 spiro atoms. The third kappa shape index (κ3) is 1.89. The van der Waals surface area contributed by atoms with E-state index in [1.165, 1.54) is 19.3 Å². The van der Waals surface area contributed by atoms with E-state index in [2.05, 4.69) is 32.5 Å². The summed E-state index contributed by atoms with van der Waals surface area (Å²) in [6.07, 6.45) is 3.85. The van der Waals surface area contributed by atoms with Crippen molar-refractivity contribution in [3.63, 3.8) is 0 Å². The second-order valence-corrected chi connectivity index (χ2v) is 4.82. The number of aryl methyl sites for hydroxylation is 1. The van der Waals surface area contributed by atoms with E-state index in [9.17, 15) is 0 Å². The van der Waals surface area contributed by atoms with Gasteiger partial charge in [0.15, 0.2) is 5.82 Å². The summed E-state index contributed by atoms with van der Waals surface area (Å²) in [5, 5.41) is 11.9. The maximum Gasteiger partial charge on any atom is 0.151 e. The molecule has 0 aromatic carbocycles. The maximum atomic E-state index is 4.33. The number of anilines is 1. The van der Waals surface area contributed by atoms with E-state index in [4.69, 9.17) is 0 Å². The molecule has 86 valence electrons. The summed E-state index contributed by atoms with van der Waals surface area (Å²) in [4.78, 5) is 2.48. The van der Waals surface area contributed by atoms with Gasteiger partial charge in [0.1, 0.15) is 0 Å². The second kappa shape index (κ2) is 4.01. The smallest absolute Gasteiger partial charge is 0.151 e. The number of hydrogen-bond donors (Lipinski definition) is 1. The second-order valence-electron chi connectivity index (χ2n) is 4.82. The number of rotatable bonds is 3. The molecule has 1 saturated carbocycles. The summed E-state index contributed by atoms with van der Waals surface area (Å²) in [6, 6.07) is 5.49. The summed E-state index contributed by atoms with van der Waals surface area (Å²) in [6.45, 7) is 4.20. The van der Waals surface area contributed by atoms with Crippen molar-refractivity contribution in [1.29, 1.82) is 0 Å². The van der Waals surface area contributed by atoms with E-state index in [1.807, 2.05) is 6.92 Å². The molecule has 1 unspecified atom stereocenters. The monoisotopic (exact) mass is 218 g/mol. The average molecular weight is 218 g/mol. The maximum absolute atomic E-state index is 4.33. The fourth-order valence-electron chi connectivity index (χ4n) is 2.43. The van der Waals surface area contributed by atoms with Gasteiger partial charge in [0, 0.05) is 18.6 Å². The number of nitrogens with one attached hydrogen (secondary N) is 1. The number of aromatic nitrogens is 2. The zero-order valence-electron chi connectivity index (χ0n) is 9.69. The first kappa shape index (κ1) is 10.0. The molecular formula is C12H18N4. The normalized spacial score (nSPS) is 24.7. The van der Waals surface area contributed by atoms with Crippen molar-refractivity contribution < 1.29 is 0 Å². The minimum Gasteiger partial charge on any atom is -0.348 e. The summed E-state index contributed by atoms with van der Waals surface area (Å²) in [5.41, 5.74) is 0.990. The van der Waals surface area contributed by atoms with Crippen LogP contribution in [0.15, 0.2) is 12.1 Å². The minimum atomic E-state index is 0.615. The zero-order valence-corrected chi connectivity index (χ0v) is 9.69. The van der Waals surface area contributed by atoms with Crippen LogP contribution in [0.25, 0.3) is 0 Å². The van der Waals surface area contributed by atoms with Crippen molar-refractivity contribution in [3.8, 4) is 0 Å². The molecule has 2 heterocycles. The van der Waals surface area contributed by atoms with Gasteiger partial charge in [0.2, 0.25) is 0 Å². The van der Waals surface area contributed by atoms with Gasteiger partial charge in [0.05, 0.1) is 5.69 Å². The predicted molar refractivity (Wildman–Crippen MR) is 63.5 cm³/mol. The first-order valence-electron chi connectivity index (χ1n) is 6.14. The molecule has 4 nitrogen and oxygen atoms in total. The third-order valence-electron chi connectivity index (χ3n) is 3.42. The van der Waals surface area contributed by atoms with E-state index in [0.29, 0.717) is 12.1 Å².